The largest absolute Gasteiger partial charge is 0.421 e. The lowest BCUT2D eigenvalue weighted by Crippen LogP contribution is -2.42. The highest BCUT2D eigenvalue weighted by molar-refractivity contribution is 5.99. The second kappa shape index (κ2) is 8.64. The predicted octanol–water partition coefficient (Wildman–Crippen LogP) is 3.52. The maximum atomic E-state index is 14.5. The van der Waals surface area contributed by atoms with Gasteiger partial charge in [-0.05, 0) is 31.2 Å². The predicted molar refractivity (Wildman–Crippen MR) is 110 cm³/mol. The Labute approximate surface area is 183 Å². The number of ether oxygens (including phenoxy) is 1. The molecule has 2 heterocycles. The fraction of sp³-hybridized carbons (Fsp3) is 0.190. The summed E-state index contributed by atoms with van der Waals surface area (Å²) in [6.45, 7) is 0.449. The molecule has 0 unspecified atom stereocenters. The van der Waals surface area contributed by atoms with E-state index in [1.165, 1.54) is 13.0 Å². The summed E-state index contributed by atoms with van der Waals surface area (Å²) in [7, 11) is 0. The Morgan fingerprint density at radius 3 is 2.27 bits per heavy atom. The quantitative estimate of drug-likeness (QED) is 0.310. The van der Waals surface area contributed by atoms with Gasteiger partial charge >= 0.3 is 6.01 Å². The van der Waals surface area contributed by atoms with E-state index in [1.807, 2.05) is 0 Å². The summed E-state index contributed by atoms with van der Waals surface area (Å²) in [5.74, 6) is -3.88. The monoisotopic (exact) mass is 463 g/mol. The minimum Gasteiger partial charge on any atom is -0.421 e. The molecule has 0 saturated carbocycles. The van der Waals surface area contributed by atoms with Crippen molar-refractivity contribution in [2.45, 2.75) is 12.5 Å². The number of aromatic amines is 1. The number of aliphatic hydroxyl groups is 2. The number of benzene rings is 2. The molecule has 4 N–H and O–H groups in total. The van der Waals surface area contributed by atoms with Gasteiger partial charge in [-0.15, -0.1) is 0 Å². The minimum atomic E-state index is -1.28. The lowest BCUT2D eigenvalue weighted by Gasteiger charge is -2.27. The number of nitrogens with one attached hydrogen (secondary N) is 2. The van der Waals surface area contributed by atoms with Crippen molar-refractivity contribution >= 4 is 16.9 Å². The summed E-state index contributed by atoms with van der Waals surface area (Å²) in [5.41, 5.74) is -1.28. The maximum Gasteiger partial charge on any atom is 0.326 e. The molecule has 12 heteroatoms. The molecule has 0 aliphatic rings. The fourth-order valence-corrected chi connectivity index (χ4v) is 3.00. The summed E-state index contributed by atoms with van der Waals surface area (Å²) in [5, 5.41) is 29.0. The van der Waals surface area contributed by atoms with Gasteiger partial charge in [0.25, 0.3) is 0 Å². The van der Waals surface area contributed by atoms with Crippen LogP contribution in [0.25, 0.3) is 22.3 Å². The van der Waals surface area contributed by atoms with Crippen LogP contribution in [0.5, 0.6) is 11.8 Å². The van der Waals surface area contributed by atoms with Crippen LogP contribution in [0, 0.1) is 23.3 Å². The molecule has 172 valence electrons. The number of hydrogen-bond donors (Lipinski definition) is 4. The van der Waals surface area contributed by atoms with E-state index in [4.69, 9.17) is 4.74 Å². The summed E-state index contributed by atoms with van der Waals surface area (Å²) in [4.78, 5) is 8.23. The van der Waals surface area contributed by atoms with Crippen LogP contribution in [0.1, 0.15) is 6.92 Å². The first-order valence-electron chi connectivity index (χ1n) is 9.57. The first-order chi connectivity index (χ1) is 15.7. The molecule has 0 aliphatic heterocycles. The van der Waals surface area contributed by atoms with Crippen molar-refractivity contribution in [1.82, 2.24) is 20.2 Å². The van der Waals surface area contributed by atoms with Gasteiger partial charge in [0.05, 0.1) is 29.8 Å². The van der Waals surface area contributed by atoms with Gasteiger partial charge in [-0.2, -0.15) is 15.1 Å². The number of aromatic nitrogens is 4. The van der Waals surface area contributed by atoms with Gasteiger partial charge in [-0.3, -0.25) is 5.10 Å². The molecule has 2 aromatic heterocycles. The normalized spacial score (nSPS) is 11.7. The van der Waals surface area contributed by atoms with Crippen LogP contribution in [-0.2, 0) is 0 Å². The van der Waals surface area contributed by atoms with E-state index in [9.17, 15) is 27.8 Å². The van der Waals surface area contributed by atoms with E-state index in [0.29, 0.717) is 12.1 Å². The lowest BCUT2D eigenvalue weighted by atomic mass is 10.0. The van der Waals surface area contributed by atoms with E-state index < -0.39 is 48.0 Å². The van der Waals surface area contributed by atoms with E-state index in [-0.39, 0.29) is 33.9 Å². The van der Waals surface area contributed by atoms with Crippen molar-refractivity contribution in [1.29, 1.82) is 0 Å². The highest BCUT2D eigenvalue weighted by atomic mass is 19.1. The summed E-state index contributed by atoms with van der Waals surface area (Å²) < 4.78 is 60.4. The van der Waals surface area contributed by atoms with Gasteiger partial charge in [0.15, 0.2) is 17.2 Å². The van der Waals surface area contributed by atoms with Crippen molar-refractivity contribution in [3.63, 3.8) is 0 Å². The Hall–Kier alpha value is -3.77. The standard InChI is InChI=1S/C21H17F4N5O3/c1-21(8-31,9-32)28-18-16-17(12-4-2-10(22)6-13(12)24)29-30-19(16)27-20(26-18)33-15-5-3-11(23)7-14(15)25/h2-7,31-32H,8-9H2,1H3,(H2,26,27,28,29,30). The molecule has 0 spiro atoms. The minimum absolute atomic E-state index is 0.0398. The Morgan fingerprint density at radius 2 is 1.64 bits per heavy atom. The molecule has 0 aliphatic carbocycles. The number of anilines is 1. The summed E-state index contributed by atoms with van der Waals surface area (Å²) in [6, 6.07) is 5.18. The van der Waals surface area contributed by atoms with Crippen molar-refractivity contribution in [2.75, 3.05) is 18.5 Å². The number of halogens is 4. The lowest BCUT2D eigenvalue weighted by molar-refractivity contribution is 0.147. The van der Waals surface area contributed by atoms with Crippen LogP contribution in [0.3, 0.4) is 0 Å². The molecule has 0 radical (unpaired) electrons. The van der Waals surface area contributed by atoms with Crippen LogP contribution < -0.4 is 10.1 Å². The zero-order valence-corrected chi connectivity index (χ0v) is 17.0. The number of fused-ring (bicyclic) bond motifs is 1. The van der Waals surface area contributed by atoms with Crippen molar-refractivity contribution in [3.05, 3.63) is 59.7 Å². The van der Waals surface area contributed by atoms with E-state index in [2.05, 4.69) is 25.5 Å². The van der Waals surface area contributed by atoms with Gasteiger partial charge in [0.1, 0.15) is 23.3 Å². The Balaban J connectivity index is 1.88. The number of rotatable bonds is 7. The van der Waals surface area contributed by atoms with Crippen molar-refractivity contribution < 1.29 is 32.5 Å². The topological polar surface area (TPSA) is 116 Å². The summed E-state index contributed by atoms with van der Waals surface area (Å²) >= 11 is 0. The molecule has 0 atom stereocenters. The SMILES string of the molecule is CC(CO)(CO)Nc1nc(Oc2ccc(F)cc2F)nc2n[nH]c(-c3ccc(F)cc3F)c12. The van der Waals surface area contributed by atoms with Crippen molar-refractivity contribution in [3.8, 4) is 23.0 Å². The molecule has 8 nitrogen and oxygen atoms in total. The molecule has 2 aromatic carbocycles. The van der Waals surface area contributed by atoms with E-state index in [1.54, 1.807) is 0 Å². The van der Waals surface area contributed by atoms with Crippen LogP contribution in [0.15, 0.2) is 36.4 Å². The first-order valence-corrected chi connectivity index (χ1v) is 9.57. The smallest absolute Gasteiger partial charge is 0.326 e. The van der Waals surface area contributed by atoms with Gasteiger partial charge in [0, 0.05) is 17.7 Å². The number of H-pyrrole nitrogens is 1. The van der Waals surface area contributed by atoms with Gasteiger partial charge in [-0.25, -0.2) is 17.6 Å². The molecule has 4 rings (SSSR count). The molecule has 0 saturated heterocycles. The molecule has 0 amide bonds. The van der Waals surface area contributed by atoms with E-state index in [0.717, 1.165) is 18.2 Å². The molecule has 4 aromatic rings. The number of nitrogens with zero attached hydrogens (tertiary/aromatic N) is 3. The Kier molecular flexibility index (Phi) is 5.87. The first kappa shape index (κ1) is 22.4. The highest BCUT2D eigenvalue weighted by Crippen LogP contribution is 2.35. The Morgan fingerprint density at radius 1 is 0.970 bits per heavy atom. The van der Waals surface area contributed by atoms with Crippen LogP contribution in [0.4, 0.5) is 23.4 Å². The third-order valence-corrected chi connectivity index (χ3v) is 4.81. The zero-order valence-electron chi connectivity index (χ0n) is 17.0. The third kappa shape index (κ3) is 4.43. The molecule has 0 bridgehead atoms. The van der Waals surface area contributed by atoms with Crippen molar-refractivity contribution in [2.24, 2.45) is 0 Å². The molecular formula is C21H17F4N5O3. The fourth-order valence-electron chi connectivity index (χ4n) is 3.00. The molecular weight excluding hydrogens is 446 g/mol. The van der Waals surface area contributed by atoms with E-state index >= 15 is 0 Å². The second-order valence-electron chi connectivity index (χ2n) is 7.45. The highest BCUT2D eigenvalue weighted by Gasteiger charge is 2.27. The van der Waals surface area contributed by atoms with Crippen LogP contribution >= 0.6 is 0 Å². The molecule has 0 fully saturated rings. The maximum absolute atomic E-state index is 14.5. The number of hydrogen-bond acceptors (Lipinski definition) is 7. The third-order valence-electron chi connectivity index (χ3n) is 4.81. The average molecular weight is 463 g/mol. The van der Waals surface area contributed by atoms with Gasteiger partial charge < -0.3 is 20.3 Å². The van der Waals surface area contributed by atoms with Crippen LogP contribution in [0.2, 0.25) is 0 Å². The Bertz CT molecular complexity index is 1330. The molecule has 33 heavy (non-hydrogen) atoms. The average Bonchev–Trinajstić information content (AvgIpc) is 3.19. The van der Waals surface area contributed by atoms with Gasteiger partial charge in [-0.1, -0.05) is 0 Å². The second-order valence-corrected chi connectivity index (χ2v) is 7.45. The van der Waals surface area contributed by atoms with Crippen LogP contribution in [-0.4, -0.2) is 49.1 Å². The summed E-state index contributed by atoms with van der Waals surface area (Å²) in [6.07, 6.45) is 0. The van der Waals surface area contributed by atoms with Gasteiger partial charge in [0.2, 0.25) is 0 Å². The zero-order chi connectivity index (χ0) is 23.8. The number of aliphatic hydroxyl groups excluding tert-OH is 2.